The molecular formula is C17H25ClN2O4. The Balaban J connectivity index is 0.00000288. The molecule has 0 radical (unpaired) electrons. The highest BCUT2D eigenvalue weighted by Crippen LogP contribution is 2.31. The molecule has 0 saturated heterocycles. The van der Waals surface area contributed by atoms with E-state index >= 15 is 0 Å². The molecule has 0 aliphatic carbocycles. The van der Waals surface area contributed by atoms with Crippen LogP contribution in [0.15, 0.2) is 24.3 Å². The van der Waals surface area contributed by atoms with E-state index in [4.69, 9.17) is 4.74 Å². The zero-order valence-electron chi connectivity index (χ0n) is 14.0. The number of para-hydroxylation sites is 1. The van der Waals surface area contributed by atoms with Gasteiger partial charge >= 0.3 is 5.97 Å². The third kappa shape index (κ3) is 5.11. The minimum Gasteiger partial charge on any atom is -0.493 e. The van der Waals surface area contributed by atoms with Crippen molar-refractivity contribution in [2.75, 3.05) is 6.61 Å². The van der Waals surface area contributed by atoms with Gasteiger partial charge in [0.2, 0.25) is 5.91 Å². The Kier molecular flexibility index (Phi) is 8.01. The zero-order valence-corrected chi connectivity index (χ0v) is 14.8. The summed E-state index contributed by atoms with van der Waals surface area (Å²) in [6.45, 7) is 4.16. The number of ether oxygens (including phenoxy) is 1. The van der Waals surface area contributed by atoms with Gasteiger partial charge in [0.05, 0.1) is 18.7 Å². The number of fused-ring (bicyclic) bond motifs is 1. The maximum absolute atomic E-state index is 12.4. The van der Waals surface area contributed by atoms with Crippen molar-refractivity contribution < 1.29 is 19.4 Å². The first-order valence-electron chi connectivity index (χ1n) is 8.04. The number of halogens is 1. The summed E-state index contributed by atoms with van der Waals surface area (Å²) in [4.78, 5) is 23.6. The van der Waals surface area contributed by atoms with Crippen LogP contribution in [0.5, 0.6) is 5.75 Å². The van der Waals surface area contributed by atoms with E-state index in [0.717, 1.165) is 17.7 Å². The standard InChI is InChI=1S/C17H24N2O4.ClH/c1-3-6-14(17(21)22)18-11(2)16(20)19-13-9-10-23-15-8-5-4-7-12(13)15;/h4-5,7-8,11,13-14,18H,3,6,9-10H2,1-2H3,(H,19,20)(H,21,22);1H. The zero-order chi connectivity index (χ0) is 16.8. The van der Waals surface area contributed by atoms with Crippen molar-refractivity contribution in [3.63, 3.8) is 0 Å². The van der Waals surface area contributed by atoms with Crippen LogP contribution in [0.2, 0.25) is 0 Å². The fourth-order valence-electron chi connectivity index (χ4n) is 2.73. The van der Waals surface area contributed by atoms with E-state index in [1.807, 2.05) is 31.2 Å². The lowest BCUT2D eigenvalue weighted by Gasteiger charge is -2.28. The van der Waals surface area contributed by atoms with E-state index in [2.05, 4.69) is 10.6 Å². The second-order valence-electron chi connectivity index (χ2n) is 5.80. The Morgan fingerprint density at radius 1 is 1.38 bits per heavy atom. The Labute approximate surface area is 148 Å². The molecule has 1 aliphatic heterocycles. The molecule has 3 N–H and O–H groups in total. The fourth-order valence-corrected chi connectivity index (χ4v) is 2.73. The number of hydrogen-bond donors (Lipinski definition) is 3. The van der Waals surface area contributed by atoms with Gasteiger partial charge in [-0.15, -0.1) is 12.4 Å². The third-order valence-corrected chi connectivity index (χ3v) is 3.99. The lowest BCUT2D eigenvalue weighted by atomic mass is 10.00. The van der Waals surface area contributed by atoms with Crippen molar-refractivity contribution in [3.8, 4) is 5.75 Å². The monoisotopic (exact) mass is 356 g/mol. The first-order valence-corrected chi connectivity index (χ1v) is 8.04. The number of aliphatic carboxylic acids is 1. The van der Waals surface area contributed by atoms with Crippen molar-refractivity contribution in [3.05, 3.63) is 29.8 Å². The number of amides is 1. The van der Waals surface area contributed by atoms with Crippen molar-refractivity contribution in [2.24, 2.45) is 0 Å². The van der Waals surface area contributed by atoms with E-state index in [9.17, 15) is 14.7 Å². The summed E-state index contributed by atoms with van der Waals surface area (Å²) >= 11 is 0. The highest BCUT2D eigenvalue weighted by Gasteiger charge is 2.27. The van der Waals surface area contributed by atoms with Crippen LogP contribution in [0.25, 0.3) is 0 Å². The summed E-state index contributed by atoms with van der Waals surface area (Å²) in [5, 5.41) is 15.1. The van der Waals surface area contributed by atoms with Crippen molar-refractivity contribution >= 4 is 24.3 Å². The van der Waals surface area contributed by atoms with E-state index < -0.39 is 18.1 Å². The average molecular weight is 357 g/mol. The molecule has 1 aromatic carbocycles. The molecule has 1 amide bonds. The van der Waals surface area contributed by atoms with Gasteiger partial charge in [-0.25, -0.2) is 0 Å². The van der Waals surface area contributed by atoms with Crippen LogP contribution < -0.4 is 15.4 Å². The molecule has 3 atom stereocenters. The molecule has 1 aliphatic rings. The van der Waals surface area contributed by atoms with E-state index in [1.165, 1.54) is 0 Å². The molecule has 134 valence electrons. The summed E-state index contributed by atoms with van der Waals surface area (Å²) in [5.74, 6) is -0.337. The summed E-state index contributed by atoms with van der Waals surface area (Å²) in [7, 11) is 0. The highest BCUT2D eigenvalue weighted by atomic mass is 35.5. The SMILES string of the molecule is CCCC(NC(C)C(=O)NC1CCOc2ccccc21)C(=O)O.Cl. The van der Waals surface area contributed by atoms with Gasteiger partial charge in [0, 0.05) is 12.0 Å². The van der Waals surface area contributed by atoms with Crippen LogP contribution in [0.4, 0.5) is 0 Å². The summed E-state index contributed by atoms with van der Waals surface area (Å²) in [5.41, 5.74) is 0.961. The Bertz CT molecular complexity index is 567. The number of benzene rings is 1. The van der Waals surface area contributed by atoms with Crippen molar-refractivity contribution in [1.29, 1.82) is 0 Å². The maximum Gasteiger partial charge on any atom is 0.320 e. The maximum atomic E-state index is 12.4. The molecule has 0 bridgehead atoms. The molecule has 0 aromatic heterocycles. The number of carbonyl (C=O) groups is 2. The lowest BCUT2D eigenvalue weighted by molar-refractivity contribution is -0.140. The molecule has 3 unspecified atom stereocenters. The molecule has 7 heteroatoms. The summed E-state index contributed by atoms with van der Waals surface area (Å²) in [6, 6.07) is 6.25. The molecule has 0 saturated carbocycles. The van der Waals surface area contributed by atoms with Gasteiger partial charge in [0.1, 0.15) is 11.8 Å². The second kappa shape index (κ2) is 9.49. The van der Waals surface area contributed by atoms with Crippen LogP contribution in [-0.2, 0) is 9.59 Å². The first-order chi connectivity index (χ1) is 11.0. The number of carboxylic acid groups (broad SMARTS) is 1. The third-order valence-electron chi connectivity index (χ3n) is 3.99. The number of carbonyl (C=O) groups excluding carboxylic acids is 1. The van der Waals surface area contributed by atoms with Crippen LogP contribution in [0.1, 0.15) is 44.7 Å². The largest absolute Gasteiger partial charge is 0.493 e. The van der Waals surface area contributed by atoms with E-state index in [0.29, 0.717) is 19.4 Å². The number of carboxylic acids is 1. The molecule has 6 nitrogen and oxygen atoms in total. The molecule has 1 aromatic rings. The molecule has 0 spiro atoms. The number of nitrogens with one attached hydrogen (secondary N) is 2. The number of hydrogen-bond acceptors (Lipinski definition) is 4. The number of rotatable bonds is 7. The topological polar surface area (TPSA) is 87.7 Å². The average Bonchev–Trinajstić information content (AvgIpc) is 2.54. The molecule has 24 heavy (non-hydrogen) atoms. The second-order valence-corrected chi connectivity index (χ2v) is 5.80. The van der Waals surface area contributed by atoms with Gasteiger partial charge in [0.25, 0.3) is 0 Å². The predicted octanol–water partition coefficient (Wildman–Crippen LogP) is 2.28. The lowest BCUT2D eigenvalue weighted by Crippen LogP contribution is -2.50. The summed E-state index contributed by atoms with van der Waals surface area (Å²) < 4.78 is 5.58. The summed E-state index contributed by atoms with van der Waals surface area (Å²) in [6.07, 6.45) is 1.94. The van der Waals surface area contributed by atoms with Crippen LogP contribution in [0.3, 0.4) is 0 Å². The molecule has 0 fully saturated rings. The normalized spacial score (nSPS) is 18.3. The quantitative estimate of drug-likeness (QED) is 0.697. The van der Waals surface area contributed by atoms with Crippen LogP contribution in [-0.4, -0.2) is 35.7 Å². The van der Waals surface area contributed by atoms with Crippen molar-refractivity contribution in [2.45, 2.75) is 51.2 Å². The van der Waals surface area contributed by atoms with Gasteiger partial charge in [-0.3, -0.25) is 14.9 Å². The minimum absolute atomic E-state index is 0. The van der Waals surface area contributed by atoms with Gasteiger partial charge in [-0.2, -0.15) is 0 Å². The minimum atomic E-state index is -0.928. The van der Waals surface area contributed by atoms with Gasteiger partial charge < -0.3 is 15.2 Å². The van der Waals surface area contributed by atoms with E-state index in [1.54, 1.807) is 6.92 Å². The Morgan fingerprint density at radius 3 is 2.75 bits per heavy atom. The van der Waals surface area contributed by atoms with E-state index in [-0.39, 0.29) is 24.4 Å². The molecular weight excluding hydrogens is 332 g/mol. The van der Waals surface area contributed by atoms with Gasteiger partial charge in [-0.1, -0.05) is 31.5 Å². The van der Waals surface area contributed by atoms with Gasteiger partial charge in [0.15, 0.2) is 0 Å². The van der Waals surface area contributed by atoms with Crippen LogP contribution in [0, 0.1) is 0 Å². The Morgan fingerprint density at radius 2 is 2.08 bits per heavy atom. The molecule has 1 heterocycles. The molecule has 2 rings (SSSR count). The van der Waals surface area contributed by atoms with Crippen LogP contribution >= 0.6 is 12.4 Å². The van der Waals surface area contributed by atoms with Crippen molar-refractivity contribution in [1.82, 2.24) is 10.6 Å². The highest BCUT2D eigenvalue weighted by molar-refractivity contribution is 5.85. The fraction of sp³-hybridized carbons (Fsp3) is 0.529. The smallest absolute Gasteiger partial charge is 0.320 e. The van der Waals surface area contributed by atoms with Gasteiger partial charge in [-0.05, 0) is 19.4 Å². The predicted molar refractivity (Wildman–Crippen MR) is 93.6 cm³/mol. The first kappa shape index (κ1) is 20.3. The Hall–Kier alpha value is -1.79.